The van der Waals surface area contributed by atoms with Crippen LogP contribution in [0.2, 0.25) is 0 Å². The van der Waals surface area contributed by atoms with Gasteiger partial charge in [-0.25, -0.2) is 9.78 Å². The lowest BCUT2D eigenvalue weighted by molar-refractivity contribution is -0.146. The second-order valence-electron chi connectivity index (χ2n) is 3.79. The van der Waals surface area contributed by atoms with Crippen molar-refractivity contribution < 1.29 is 14.4 Å². The third-order valence-corrected chi connectivity index (χ3v) is 3.33. The molecule has 2 aromatic rings. The predicted molar refractivity (Wildman–Crippen MR) is 75.9 cm³/mol. The van der Waals surface area contributed by atoms with E-state index in [4.69, 9.17) is 4.84 Å². The van der Waals surface area contributed by atoms with Gasteiger partial charge < -0.3 is 9.57 Å². The molecule has 0 saturated heterocycles. The summed E-state index contributed by atoms with van der Waals surface area (Å²) in [6.07, 6.45) is 0. The van der Waals surface area contributed by atoms with Crippen LogP contribution in [0.25, 0.3) is 10.9 Å². The zero-order valence-electron chi connectivity index (χ0n) is 11.2. The molecule has 2 rings (SSSR count). The van der Waals surface area contributed by atoms with Crippen molar-refractivity contribution in [1.29, 1.82) is 0 Å². The van der Waals surface area contributed by atoms with Crippen LogP contribution in [-0.2, 0) is 9.53 Å². The van der Waals surface area contributed by atoms with Gasteiger partial charge in [-0.05, 0) is 17.9 Å². The maximum absolute atomic E-state index is 12.4. The van der Waals surface area contributed by atoms with Gasteiger partial charge in [0.05, 0.1) is 18.0 Å². The second-order valence-corrected chi connectivity index (χ2v) is 5.02. The number of carbonyl (C=O) groups is 1. The molecule has 0 saturated carbocycles. The first-order chi connectivity index (χ1) is 9.67. The summed E-state index contributed by atoms with van der Waals surface area (Å²) in [6, 6.07) is 7.00. The number of nitrogens with zero attached hydrogens (tertiary/aromatic N) is 2. The van der Waals surface area contributed by atoms with Crippen molar-refractivity contribution in [2.75, 3.05) is 19.5 Å². The number of hydrogen-bond acceptors (Lipinski definition) is 6. The molecular weight excluding hydrogens is 280 g/mol. The molecule has 0 spiro atoms. The molecule has 0 aliphatic rings. The fraction of sp³-hybridized carbons (Fsp3) is 0.308. The summed E-state index contributed by atoms with van der Waals surface area (Å²) in [5.41, 5.74) is 0.266. The minimum absolute atomic E-state index is 0.338. The molecule has 0 aliphatic heterocycles. The van der Waals surface area contributed by atoms with Gasteiger partial charge in [0.25, 0.3) is 5.56 Å². The Morgan fingerprint density at radius 1 is 1.40 bits per heavy atom. The minimum Gasteiger partial charge on any atom is -0.466 e. The largest absolute Gasteiger partial charge is 0.466 e. The molecule has 0 aliphatic carbocycles. The topological polar surface area (TPSA) is 70.4 Å². The van der Waals surface area contributed by atoms with E-state index in [1.54, 1.807) is 18.2 Å². The Kier molecular flexibility index (Phi) is 4.62. The van der Waals surface area contributed by atoms with Crippen LogP contribution >= 0.6 is 11.8 Å². The van der Waals surface area contributed by atoms with E-state index in [1.165, 1.54) is 18.9 Å². The van der Waals surface area contributed by atoms with E-state index in [0.717, 1.165) is 10.5 Å². The second kappa shape index (κ2) is 6.42. The number of hydrogen-bond donors (Lipinski definition) is 0. The van der Waals surface area contributed by atoms with E-state index in [9.17, 15) is 9.59 Å². The van der Waals surface area contributed by atoms with Gasteiger partial charge in [0.1, 0.15) is 0 Å². The maximum Gasteiger partial charge on any atom is 0.346 e. The van der Waals surface area contributed by atoms with Crippen LogP contribution in [0.1, 0.15) is 6.92 Å². The minimum atomic E-state index is -0.558. The molecule has 1 aromatic carbocycles. The number of esters is 1. The fourth-order valence-electron chi connectivity index (χ4n) is 1.61. The normalized spacial score (nSPS) is 10.5. The molecule has 1 heterocycles. The smallest absolute Gasteiger partial charge is 0.346 e. The first kappa shape index (κ1) is 14.4. The summed E-state index contributed by atoms with van der Waals surface area (Å²) in [5, 5.41) is 0.859. The summed E-state index contributed by atoms with van der Waals surface area (Å²) >= 11 is 1.36. The number of carbonyl (C=O) groups excluding carboxylic acids is 1. The van der Waals surface area contributed by atoms with Crippen LogP contribution in [0.4, 0.5) is 0 Å². The predicted octanol–water partition coefficient (Wildman–Crippen LogP) is 1.11. The third kappa shape index (κ3) is 2.93. The zero-order chi connectivity index (χ0) is 14.5. The van der Waals surface area contributed by atoms with Crippen LogP contribution in [0, 0.1) is 0 Å². The standard InChI is InChI=1S/C13H14N2O4S/c1-3-20-13-14-10-7-5-4-6-9(10)12(17)15(13)19-8-11(16)18-2/h4-7H,3,8H2,1-2H3. The summed E-state index contributed by atoms with van der Waals surface area (Å²) in [4.78, 5) is 33.1. The van der Waals surface area contributed by atoms with Crippen LogP contribution < -0.4 is 10.4 Å². The lowest BCUT2D eigenvalue weighted by Crippen LogP contribution is -2.32. The molecule has 0 amide bonds. The van der Waals surface area contributed by atoms with Crippen LogP contribution in [0.5, 0.6) is 0 Å². The highest BCUT2D eigenvalue weighted by molar-refractivity contribution is 7.99. The van der Waals surface area contributed by atoms with Gasteiger partial charge in [-0.2, -0.15) is 0 Å². The molecule has 7 heteroatoms. The van der Waals surface area contributed by atoms with E-state index >= 15 is 0 Å². The summed E-state index contributed by atoms with van der Waals surface area (Å²) < 4.78 is 5.54. The molecular formula is C13H14N2O4S. The van der Waals surface area contributed by atoms with Crippen molar-refractivity contribution in [3.63, 3.8) is 0 Å². The number of para-hydroxylation sites is 1. The van der Waals surface area contributed by atoms with Crippen LogP contribution in [0.15, 0.2) is 34.2 Å². The summed E-state index contributed by atoms with van der Waals surface area (Å²) in [5.74, 6) is 0.171. The monoisotopic (exact) mass is 294 g/mol. The molecule has 20 heavy (non-hydrogen) atoms. The van der Waals surface area contributed by atoms with E-state index < -0.39 is 5.97 Å². The van der Waals surface area contributed by atoms with Gasteiger partial charge >= 0.3 is 5.97 Å². The SMILES string of the molecule is CCSc1nc2ccccc2c(=O)n1OCC(=O)OC. The molecule has 0 unspecified atom stereocenters. The third-order valence-electron chi connectivity index (χ3n) is 2.52. The van der Waals surface area contributed by atoms with Crippen molar-refractivity contribution in [2.45, 2.75) is 12.1 Å². The Hall–Kier alpha value is -2.02. The van der Waals surface area contributed by atoms with Gasteiger partial charge in [-0.1, -0.05) is 30.8 Å². The average molecular weight is 294 g/mol. The Labute approximate surface area is 119 Å². The first-order valence-corrected chi connectivity index (χ1v) is 7.00. The van der Waals surface area contributed by atoms with Gasteiger partial charge in [-0.15, -0.1) is 4.73 Å². The van der Waals surface area contributed by atoms with Crippen LogP contribution in [0.3, 0.4) is 0 Å². The summed E-state index contributed by atoms with van der Waals surface area (Å²) in [7, 11) is 1.26. The number of benzene rings is 1. The van der Waals surface area contributed by atoms with Crippen molar-refractivity contribution in [3.05, 3.63) is 34.6 Å². The van der Waals surface area contributed by atoms with Crippen LogP contribution in [-0.4, -0.2) is 35.2 Å². The lowest BCUT2D eigenvalue weighted by Gasteiger charge is -2.12. The average Bonchev–Trinajstić information content (AvgIpc) is 2.47. The Balaban J connectivity index is 2.48. The molecule has 0 radical (unpaired) electrons. The lowest BCUT2D eigenvalue weighted by atomic mass is 10.2. The van der Waals surface area contributed by atoms with E-state index in [0.29, 0.717) is 16.1 Å². The molecule has 0 fully saturated rings. The Morgan fingerprint density at radius 3 is 2.85 bits per heavy atom. The Bertz CT molecular complexity index is 684. The van der Waals surface area contributed by atoms with Gasteiger partial charge in [0.2, 0.25) is 11.8 Å². The quantitative estimate of drug-likeness (QED) is 0.467. The van der Waals surface area contributed by atoms with Crippen molar-refractivity contribution in [3.8, 4) is 0 Å². The van der Waals surface area contributed by atoms with Gasteiger partial charge in [-0.3, -0.25) is 4.79 Å². The number of ether oxygens (including phenoxy) is 1. The molecule has 1 aromatic heterocycles. The van der Waals surface area contributed by atoms with Crippen molar-refractivity contribution >= 4 is 28.6 Å². The summed E-state index contributed by atoms with van der Waals surface area (Å²) in [6.45, 7) is 1.60. The fourth-order valence-corrected chi connectivity index (χ4v) is 2.28. The first-order valence-electron chi connectivity index (χ1n) is 6.02. The molecule has 0 N–H and O–H groups in total. The number of rotatable bonds is 5. The van der Waals surface area contributed by atoms with Gasteiger partial charge in [0.15, 0.2) is 0 Å². The van der Waals surface area contributed by atoms with E-state index in [2.05, 4.69) is 9.72 Å². The molecule has 6 nitrogen and oxygen atoms in total. The molecule has 106 valence electrons. The number of fused-ring (bicyclic) bond motifs is 1. The zero-order valence-corrected chi connectivity index (χ0v) is 12.0. The highest BCUT2D eigenvalue weighted by atomic mass is 32.2. The number of aromatic nitrogens is 2. The molecule has 0 bridgehead atoms. The van der Waals surface area contributed by atoms with E-state index in [1.807, 2.05) is 13.0 Å². The Morgan fingerprint density at radius 2 is 2.15 bits per heavy atom. The number of thioether (sulfide) groups is 1. The highest BCUT2D eigenvalue weighted by Crippen LogP contribution is 2.16. The van der Waals surface area contributed by atoms with Gasteiger partial charge in [0, 0.05) is 0 Å². The highest BCUT2D eigenvalue weighted by Gasteiger charge is 2.13. The number of methoxy groups -OCH3 is 1. The maximum atomic E-state index is 12.4. The molecule has 0 atom stereocenters. The van der Waals surface area contributed by atoms with Crippen molar-refractivity contribution in [1.82, 2.24) is 9.71 Å². The van der Waals surface area contributed by atoms with Crippen molar-refractivity contribution in [2.24, 2.45) is 0 Å². The van der Waals surface area contributed by atoms with E-state index in [-0.39, 0.29) is 12.2 Å².